The fraction of sp³-hybridized carbons (Fsp3) is 0.269. The Hall–Kier alpha value is -3.35. The first-order valence-corrected chi connectivity index (χ1v) is 10.5. The van der Waals surface area contributed by atoms with Gasteiger partial charge in [-0.1, -0.05) is 18.2 Å². The van der Waals surface area contributed by atoms with Gasteiger partial charge in [0.2, 0.25) is 0 Å². The minimum absolute atomic E-state index is 0. The van der Waals surface area contributed by atoms with Gasteiger partial charge in [0.15, 0.2) is 0 Å². The van der Waals surface area contributed by atoms with E-state index in [9.17, 15) is 0 Å². The second-order valence-electron chi connectivity index (χ2n) is 6.67. The van der Waals surface area contributed by atoms with Gasteiger partial charge in [0.1, 0.15) is 0 Å². The van der Waals surface area contributed by atoms with Crippen molar-refractivity contribution in [2.24, 2.45) is 0 Å². The summed E-state index contributed by atoms with van der Waals surface area (Å²) in [4.78, 5) is 47.7. The molecule has 39 heavy (non-hydrogen) atoms. The SMILES string of the molecule is CC(=O)O.CC(=O)O.CC(=O)O.CC(=O)O.Cc1cccnc1.Cc1cccnc1.Cc1cccnc1.[Pd].[Pd]. The molecule has 0 atom stereocenters. The number of aliphatic carboxylic acids is 4. The first-order chi connectivity index (χ1) is 17.1. The summed E-state index contributed by atoms with van der Waals surface area (Å²) in [6.07, 6.45) is 10.8. The van der Waals surface area contributed by atoms with Gasteiger partial charge in [0.25, 0.3) is 23.9 Å². The molecule has 0 aromatic carbocycles. The first-order valence-electron chi connectivity index (χ1n) is 10.5. The summed E-state index contributed by atoms with van der Waals surface area (Å²) in [6.45, 7) is 10.4. The molecule has 0 unspecified atom stereocenters. The molecule has 3 aromatic rings. The van der Waals surface area contributed by atoms with Crippen LogP contribution in [0.4, 0.5) is 0 Å². The standard InChI is InChI=1S/3C6H7N.4C2H4O2.2Pd/c3*1-6-3-2-4-7-5-6;4*1-2(3)4;;/h3*2-5H,1H3;4*1H3,(H,3,4);;. The molecule has 3 rings (SSSR count). The summed E-state index contributed by atoms with van der Waals surface area (Å²) in [5.74, 6) is -3.33. The van der Waals surface area contributed by atoms with E-state index >= 15 is 0 Å². The molecule has 0 fully saturated rings. The molecule has 0 amide bonds. The number of aryl methyl sites for hydroxylation is 3. The predicted molar refractivity (Wildman–Crippen MR) is 140 cm³/mol. The first kappa shape index (κ1) is 48.7. The van der Waals surface area contributed by atoms with Crippen molar-refractivity contribution in [1.29, 1.82) is 0 Å². The van der Waals surface area contributed by atoms with Crippen molar-refractivity contribution in [1.82, 2.24) is 15.0 Å². The minimum Gasteiger partial charge on any atom is -0.481 e. The van der Waals surface area contributed by atoms with Crippen LogP contribution in [-0.2, 0) is 60.0 Å². The molecule has 0 spiro atoms. The Bertz CT molecular complexity index is 814. The number of carbonyl (C=O) groups is 4. The molecule has 0 aliphatic carbocycles. The van der Waals surface area contributed by atoms with Crippen molar-refractivity contribution in [3.05, 3.63) is 90.3 Å². The van der Waals surface area contributed by atoms with E-state index in [1.165, 1.54) is 16.7 Å². The molecule has 13 heteroatoms. The molecule has 0 saturated carbocycles. The number of hydrogen-bond donors (Lipinski definition) is 4. The van der Waals surface area contributed by atoms with E-state index in [0.29, 0.717) is 0 Å². The van der Waals surface area contributed by atoms with Crippen LogP contribution in [0.2, 0.25) is 0 Å². The Morgan fingerprint density at radius 1 is 0.487 bits per heavy atom. The maximum Gasteiger partial charge on any atom is 0.300 e. The molecule has 4 N–H and O–H groups in total. The molecule has 11 nitrogen and oxygen atoms in total. The van der Waals surface area contributed by atoms with E-state index in [2.05, 4.69) is 15.0 Å². The van der Waals surface area contributed by atoms with E-state index < -0.39 is 23.9 Å². The van der Waals surface area contributed by atoms with Gasteiger partial charge in [-0.2, -0.15) is 0 Å². The van der Waals surface area contributed by atoms with Crippen LogP contribution in [0.15, 0.2) is 73.6 Å². The van der Waals surface area contributed by atoms with Gasteiger partial charge in [0.05, 0.1) is 0 Å². The number of pyridine rings is 3. The second kappa shape index (κ2) is 36.8. The van der Waals surface area contributed by atoms with Crippen LogP contribution >= 0.6 is 0 Å². The van der Waals surface area contributed by atoms with Crippen LogP contribution in [0.3, 0.4) is 0 Å². The average molecular weight is 732 g/mol. The maximum absolute atomic E-state index is 9.00. The summed E-state index contributed by atoms with van der Waals surface area (Å²) in [6, 6.07) is 11.8. The van der Waals surface area contributed by atoms with Crippen molar-refractivity contribution in [3.63, 3.8) is 0 Å². The Morgan fingerprint density at radius 2 is 0.641 bits per heavy atom. The van der Waals surface area contributed by atoms with Crippen molar-refractivity contribution in [2.45, 2.75) is 48.5 Å². The van der Waals surface area contributed by atoms with Crippen molar-refractivity contribution >= 4 is 23.9 Å². The number of rotatable bonds is 0. The zero-order valence-electron chi connectivity index (χ0n) is 22.8. The van der Waals surface area contributed by atoms with Gasteiger partial charge in [-0.25, -0.2) is 0 Å². The molecule has 3 heterocycles. The third kappa shape index (κ3) is 86.6. The smallest absolute Gasteiger partial charge is 0.300 e. The molecular weight excluding hydrogens is 695 g/mol. The van der Waals surface area contributed by atoms with Gasteiger partial charge >= 0.3 is 0 Å². The van der Waals surface area contributed by atoms with Gasteiger partial charge in [-0.15, -0.1) is 0 Å². The second-order valence-corrected chi connectivity index (χ2v) is 6.67. The Kier molecular flexibility index (Phi) is 46.0. The van der Waals surface area contributed by atoms with Gasteiger partial charge in [0, 0.05) is 106 Å². The minimum atomic E-state index is -0.833. The molecule has 0 aliphatic heterocycles. The Morgan fingerprint density at radius 3 is 0.692 bits per heavy atom. The largest absolute Gasteiger partial charge is 0.481 e. The number of aromatic nitrogens is 3. The molecule has 3 aromatic heterocycles. The molecular formula is C26H37N3O8Pd2. The van der Waals surface area contributed by atoms with E-state index in [0.717, 1.165) is 27.7 Å². The molecule has 0 aliphatic rings. The van der Waals surface area contributed by atoms with Crippen LogP contribution in [0.5, 0.6) is 0 Å². The van der Waals surface area contributed by atoms with Crippen LogP contribution in [0.1, 0.15) is 44.4 Å². The zero-order valence-corrected chi connectivity index (χ0v) is 25.9. The predicted octanol–water partition coefficient (Wildman–Crippen LogP) is 4.53. The monoisotopic (exact) mass is 731 g/mol. The molecule has 0 radical (unpaired) electrons. The quantitative estimate of drug-likeness (QED) is 0.238. The number of carboxylic acids is 4. The van der Waals surface area contributed by atoms with Crippen LogP contribution in [0, 0.1) is 20.8 Å². The summed E-state index contributed by atoms with van der Waals surface area (Å²) < 4.78 is 0. The number of carboxylic acid groups (broad SMARTS) is 4. The van der Waals surface area contributed by atoms with Crippen molar-refractivity contribution in [3.8, 4) is 0 Å². The van der Waals surface area contributed by atoms with Crippen LogP contribution < -0.4 is 0 Å². The van der Waals surface area contributed by atoms with E-state index in [4.69, 9.17) is 39.6 Å². The maximum atomic E-state index is 9.00. The summed E-state index contributed by atoms with van der Waals surface area (Å²) in [5.41, 5.74) is 3.63. The van der Waals surface area contributed by atoms with Crippen LogP contribution in [0.25, 0.3) is 0 Å². The van der Waals surface area contributed by atoms with Gasteiger partial charge in [-0.05, 0) is 55.7 Å². The molecule has 0 saturated heterocycles. The Balaban J connectivity index is -0.0000000824. The normalized spacial score (nSPS) is 7.26. The van der Waals surface area contributed by atoms with Crippen LogP contribution in [-0.4, -0.2) is 59.3 Å². The third-order valence-electron chi connectivity index (χ3n) is 2.43. The zero-order chi connectivity index (χ0) is 29.6. The van der Waals surface area contributed by atoms with Crippen molar-refractivity contribution in [2.75, 3.05) is 0 Å². The fourth-order valence-corrected chi connectivity index (χ4v) is 1.34. The van der Waals surface area contributed by atoms with E-state index in [1.807, 2.05) is 75.8 Å². The van der Waals surface area contributed by atoms with E-state index in [1.54, 1.807) is 18.6 Å². The van der Waals surface area contributed by atoms with Gasteiger partial charge in [-0.3, -0.25) is 34.1 Å². The fourth-order valence-electron chi connectivity index (χ4n) is 1.34. The molecule has 0 bridgehead atoms. The Labute approximate surface area is 257 Å². The summed E-state index contributed by atoms with van der Waals surface area (Å²) >= 11 is 0. The van der Waals surface area contributed by atoms with Crippen molar-refractivity contribution < 1.29 is 80.4 Å². The molecule has 224 valence electrons. The number of hydrogen-bond acceptors (Lipinski definition) is 7. The van der Waals surface area contributed by atoms with E-state index in [-0.39, 0.29) is 40.8 Å². The number of nitrogens with zero attached hydrogens (tertiary/aromatic N) is 3. The third-order valence-corrected chi connectivity index (χ3v) is 2.43. The summed E-state index contributed by atoms with van der Waals surface area (Å²) in [7, 11) is 0. The summed E-state index contributed by atoms with van der Waals surface area (Å²) in [5, 5.41) is 29.7. The topological polar surface area (TPSA) is 188 Å². The van der Waals surface area contributed by atoms with Gasteiger partial charge < -0.3 is 20.4 Å². The average Bonchev–Trinajstić information content (AvgIpc) is 2.75.